The van der Waals surface area contributed by atoms with Crippen LogP contribution >= 0.6 is 11.3 Å². The minimum atomic E-state index is -4.50. The van der Waals surface area contributed by atoms with Crippen molar-refractivity contribution in [3.05, 3.63) is 23.8 Å². The number of aromatic nitrogens is 1. The van der Waals surface area contributed by atoms with Crippen molar-refractivity contribution in [3.8, 4) is 5.19 Å². The number of carbonyl (C=O) groups excluding carboxylic acids is 2. The van der Waals surface area contributed by atoms with Gasteiger partial charge in [0.25, 0.3) is 5.19 Å². The Balaban J connectivity index is 2.36. The Morgan fingerprint density at radius 3 is 2.58 bits per heavy atom. The second-order valence-electron chi connectivity index (χ2n) is 3.34. The zero-order chi connectivity index (χ0) is 14.2. The number of carbonyl (C=O) groups is 2. The number of esters is 1. The Morgan fingerprint density at radius 2 is 2.00 bits per heavy atom. The van der Waals surface area contributed by atoms with Crippen molar-refractivity contribution in [1.29, 1.82) is 0 Å². The smallest absolute Gasteiger partial charge is 0.416 e. The van der Waals surface area contributed by atoms with E-state index < -0.39 is 23.7 Å². The van der Waals surface area contributed by atoms with Crippen molar-refractivity contribution in [1.82, 2.24) is 4.98 Å². The number of nitrogens with zero attached hydrogens (tertiary/aromatic N) is 1. The Labute approximate surface area is 107 Å². The molecule has 1 heterocycles. The normalized spacial score (nSPS) is 11.5. The average molecular weight is 290 g/mol. The topological polar surface area (TPSA) is 79.3 Å². The summed E-state index contributed by atoms with van der Waals surface area (Å²) in [7, 11) is 0. The molecule has 19 heavy (non-hydrogen) atoms. The number of halogens is 3. The van der Waals surface area contributed by atoms with Crippen LogP contribution in [0.5, 0.6) is 5.19 Å². The van der Waals surface area contributed by atoms with Crippen molar-refractivity contribution >= 4 is 33.5 Å². The molecule has 5 nitrogen and oxygen atoms in total. The molecule has 0 atom stereocenters. The summed E-state index contributed by atoms with van der Waals surface area (Å²) in [5, 5.41) is 9.79. The van der Waals surface area contributed by atoms with Gasteiger partial charge in [0.1, 0.15) is 0 Å². The summed E-state index contributed by atoms with van der Waals surface area (Å²) in [5.74, 6) is -3.72. The number of hydrogen-bond donors (Lipinski definition) is 0. The molecule has 0 aliphatic heterocycles. The van der Waals surface area contributed by atoms with Gasteiger partial charge >= 0.3 is 12.1 Å². The van der Waals surface area contributed by atoms with Crippen LogP contribution in [0.3, 0.4) is 0 Å². The summed E-state index contributed by atoms with van der Waals surface area (Å²) in [4.78, 5) is 24.5. The van der Waals surface area contributed by atoms with Crippen molar-refractivity contribution < 1.29 is 32.6 Å². The molecule has 0 bridgehead atoms. The van der Waals surface area contributed by atoms with Gasteiger partial charge in [-0.05, 0) is 18.2 Å². The fraction of sp³-hybridized carbons (Fsp3) is 0.100. The third-order valence-corrected chi connectivity index (χ3v) is 2.94. The first-order valence-electron chi connectivity index (χ1n) is 4.68. The first-order valence-corrected chi connectivity index (χ1v) is 5.50. The first-order chi connectivity index (χ1) is 8.77. The fourth-order valence-corrected chi connectivity index (χ4v) is 2.10. The van der Waals surface area contributed by atoms with E-state index in [1.807, 2.05) is 0 Å². The molecule has 0 radical (unpaired) electrons. The van der Waals surface area contributed by atoms with Crippen LogP contribution in [0.1, 0.15) is 5.56 Å². The third-order valence-electron chi connectivity index (χ3n) is 2.04. The third kappa shape index (κ3) is 2.81. The number of alkyl halides is 3. The first kappa shape index (κ1) is 13.3. The zero-order valence-corrected chi connectivity index (χ0v) is 9.67. The van der Waals surface area contributed by atoms with E-state index in [0.29, 0.717) is 11.3 Å². The second-order valence-corrected chi connectivity index (χ2v) is 4.33. The number of hydrogen-bond acceptors (Lipinski definition) is 6. The standard InChI is InChI=1S/C10H4F3NO4S/c11-10(12,13)4-1-2-5-6(3-4)19-9(14-5)18-8(17)7(15)16/h1-3H,(H,15,16)/p-1. The molecule has 0 aliphatic carbocycles. The van der Waals surface area contributed by atoms with Crippen LogP contribution in [0.25, 0.3) is 10.2 Å². The maximum atomic E-state index is 12.5. The Morgan fingerprint density at radius 1 is 1.32 bits per heavy atom. The lowest BCUT2D eigenvalue weighted by molar-refractivity contribution is -0.302. The molecule has 0 aliphatic rings. The highest BCUT2D eigenvalue weighted by atomic mass is 32.1. The average Bonchev–Trinajstić information content (AvgIpc) is 2.68. The summed E-state index contributed by atoms with van der Waals surface area (Å²) >= 11 is 0.628. The van der Waals surface area contributed by atoms with Gasteiger partial charge in [0.15, 0.2) is 5.97 Å². The fourth-order valence-electron chi connectivity index (χ4n) is 1.24. The summed E-state index contributed by atoms with van der Waals surface area (Å²) in [5.41, 5.74) is -0.708. The number of carboxylic acid groups (broad SMARTS) is 1. The van der Waals surface area contributed by atoms with E-state index in [2.05, 4.69) is 9.72 Å². The van der Waals surface area contributed by atoms with Gasteiger partial charge in [0, 0.05) is 0 Å². The number of ether oxygens (including phenoxy) is 1. The van der Waals surface area contributed by atoms with Gasteiger partial charge in [0.05, 0.1) is 15.8 Å². The molecule has 1 aromatic heterocycles. The summed E-state index contributed by atoms with van der Waals surface area (Å²) in [6, 6.07) is 2.76. The highest BCUT2D eigenvalue weighted by Crippen LogP contribution is 2.34. The molecule has 1 aromatic carbocycles. The largest absolute Gasteiger partial charge is 0.539 e. The predicted octanol–water partition coefficient (Wildman–Crippen LogP) is 0.970. The molecular weight excluding hydrogens is 287 g/mol. The molecule has 0 saturated carbocycles. The van der Waals surface area contributed by atoms with Crippen LogP contribution < -0.4 is 9.84 Å². The zero-order valence-electron chi connectivity index (χ0n) is 8.85. The van der Waals surface area contributed by atoms with Gasteiger partial charge in [0.2, 0.25) is 0 Å². The van der Waals surface area contributed by atoms with Gasteiger partial charge < -0.3 is 14.6 Å². The molecular formula is C10H3F3NO4S-. The molecule has 9 heteroatoms. The molecule has 0 unspecified atom stereocenters. The number of aliphatic carboxylic acids is 1. The number of carboxylic acids is 1. The molecule has 0 amide bonds. The SMILES string of the molecule is O=C([O-])C(=O)Oc1nc2ccc(C(F)(F)F)cc2s1. The molecule has 0 spiro atoms. The molecule has 100 valence electrons. The highest BCUT2D eigenvalue weighted by Gasteiger charge is 2.30. The van der Waals surface area contributed by atoms with Crippen molar-refractivity contribution in [3.63, 3.8) is 0 Å². The van der Waals surface area contributed by atoms with Gasteiger partial charge in [-0.2, -0.15) is 13.2 Å². The van der Waals surface area contributed by atoms with E-state index in [1.54, 1.807) is 0 Å². The minimum Gasteiger partial charge on any atom is -0.539 e. The molecule has 0 saturated heterocycles. The van der Waals surface area contributed by atoms with Crippen LogP contribution in [0.15, 0.2) is 18.2 Å². The van der Waals surface area contributed by atoms with Crippen molar-refractivity contribution in [2.24, 2.45) is 0 Å². The summed E-state index contributed by atoms with van der Waals surface area (Å²) in [6.45, 7) is 0. The molecule has 2 aromatic rings. The number of rotatable bonds is 1. The quantitative estimate of drug-likeness (QED) is 0.577. The Bertz CT molecular complexity index is 664. The lowest BCUT2D eigenvalue weighted by atomic mass is 10.2. The van der Waals surface area contributed by atoms with E-state index >= 15 is 0 Å². The van der Waals surface area contributed by atoms with Crippen molar-refractivity contribution in [2.45, 2.75) is 6.18 Å². The van der Waals surface area contributed by atoms with Gasteiger partial charge in [-0.15, -0.1) is 0 Å². The van der Waals surface area contributed by atoms with E-state index in [9.17, 15) is 27.9 Å². The van der Waals surface area contributed by atoms with Crippen LogP contribution in [-0.2, 0) is 15.8 Å². The van der Waals surface area contributed by atoms with Crippen LogP contribution in [0.4, 0.5) is 13.2 Å². The maximum Gasteiger partial charge on any atom is 0.416 e. The predicted molar refractivity (Wildman–Crippen MR) is 55.3 cm³/mol. The van der Waals surface area contributed by atoms with Crippen molar-refractivity contribution in [2.75, 3.05) is 0 Å². The molecule has 2 rings (SSSR count). The monoisotopic (exact) mass is 290 g/mol. The summed E-state index contributed by atoms with van der Waals surface area (Å²) in [6.07, 6.45) is -4.50. The lowest BCUT2D eigenvalue weighted by Gasteiger charge is -2.04. The van der Waals surface area contributed by atoms with E-state index in [0.717, 1.165) is 18.2 Å². The van der Waals surface area contributed by atoms with Crippen LogP contribution in [-0.4, -0.2) is 16.9 Å². The highest BCUT2D eigenvalue weighted by molar-refractivity contribution is 7.20. The van der Waals surface area contributed by atoms with E-state index in [-0.39, 0.29) is 15.4 Å². The number of fused-ring (bicyclic) bond motifs is 1. The van der Waals surface area contributed by atoms with E-state index in [4.69, 9.17) is 0 Å². The van der Waals surface area contributed by atoms with Crippen LogP contribution in [0.2, 0.25) is 0 Å². The van der Waals surface area contributed by atoms with Crippen LogP contribution in [0, 0.1) is 0 Å². The second kappa shape index (κ2) is 4.50. The van der Waals surface area contributed by atoms with Gasteiger partial charge in [-0.1, -0.05) is 11.3 Å². The van der Waals surface area contributed by atoms with Gasteiger partial charge in [-0.3, -0.25) is 0 Å². The lowest BCUT2D eigenvalue weighted by Crippen LogP contribution is -2.34. The Hall–Kier alpha value is -2.16. The summed E-state index contributed by atoms with van der Waals surface area (Å²) < 4.78 is 41.8. The van der Waals surface area contributed by atoms with Gasteiger partial charge in [-0.25, -0.2) is 9.78 Å². The van der Waals surface area contributed by atoms with E-state index in [1.165, 1.54) is 0 Å². The molecule has 0 N–H and O–H groups in total. The number of thiazole rings is 1. The molecule has 0 fully saturated rings. The minimum absolute atomic E-state index is 0.121. The Kier molecular flexibility index (Phi) is 3.14. The number of benzene rings is 1. The maximum absolute atomic E-state index is 12.5.